The number of amides is 2. The number of phenols is 2. The first-order chi connectivity index (χ1) is 7.97. The maximum absolute atomic E-state index is 11.7. The fourth-order valence-corrected chi connectivity index (χ4v) is 1.27. The molecule has 4 N–H and O–H groups in total. The molecule has 1 atom stereocenters. The Bertz CT molecular complexity index is 445. The normalized spacial score (nSPS) is 11.6. The minimum absolute atomic E-state index is 0.0826. The maximum atomic E-state index is 11.7. The predicted octanol–water partition coefficient (Wildman–Crippen LogP) is -0.0379. The second-order valence-corrected chi connectivity index (χ2v) is 3.48. The van der Waals surface area contributed by atoms with Crippen molar-refractivity contribution in [1.82, 2.24) is 10.6 Å². The van der Waals surface area contributed by atoms with Crippen LogP contribution in [0.15, 0.2) is 18.2 Å². The number of carbonyl (C=O) groups excluding carboxylic acids is 2. The molecule has 0 saturated heterocycles. The Labute approximate surface area is 98.3 Å². The molecule has 6 nitrogen and oxygen atoms in total. The average Bonchev–Trinajstić information content (AvgIpc) is 2.31. The fraction of sp³-hybridized carbons (Fsp3) is 0.273. The van der Waals surface area contributed by atoms with Gasteiger partial charge in [-0.15, -0.1) is 0 Å². The smallest absolute Gasteiger partial charge is 0.255 e. The molecule has 0 aliphatic carbocycles. The molecule has 0 aromatic heterocycles. The van der Waals surface area contributed by atoms with E-state index in [1.807, 2.05) is 0 Å². The molecule has 0 aliphatic rings. The summed E-state index contributed by atoms with van der Waals surface area (Å²) >= 11 is 0. The highest BCUT2D eigenvalue weighted by atomic mass is 16.3. The number of nitrogens with one attached hydrogen (secondary N) is 2. The Morgan fingerprint density at radius 2 is 1.94 bits per heavy atom. The number of benzene rings is 1. The highest BCUT2D eigenvalue weighted by molar-refractivity contribution is 6.00. The van der Waals surface area contributed by atoms with Gasteiger partial charge >= 0.3 is 0 Å². The van der Waals surface area contributed by atoms with Gasteiger partial charge in [0.2, 0.25) is 5.91 Å². The molecule has 2 amide bonds. The van der Waals surface area contributed by atoms with Crippen molar-refractivity contribution in [3.05, 3.63) is 23.8 Å². The molecule has 0 spiro atoms. The van der Waals surface area contributed by atoms with Crippen molar-refractivity contribution in [1.29, 1.82) is 0 Å². The monoisotopic (exact) mass is 238 g/mol. The molecule has 1 aromatic rings. The highest BCUT2D eigenvalue weighted by Gasteiger charge is 2.18. The van der Waals surface area contributed by atoms with Crippen molar-refractivity contribution in [2.75, 3.05) is 7.05 Å². The largest absolute Gasteiger partial charge is 0.504 e. The fourth-order valence-electron chi connectivity index (χ4n) is 1.27. The molecular formula is C11H14N2O4. The van der Waals surface area contributed by atoms with Gasteiger partial charge in [-0.1, -0.05) is 6.07 Å². The summed E-state index contributed by atoms with van der Waals surface area (Å²) in [5, 5.41) is 23.5. The van der Waals surface area contributed by atoms with Crippen LogP contribution in [0.3, 0.4) is 0 Å². The van der Waals surface area contributed by atoms with E-state index in [0.717, 1.165) is 0 Å². The highest BCUT2D eigenvalue weighted by Crippen LogP contribution is 2.27. The van der Waals surface area contributed by atoms with Crippen LogP contribution in [0.2, 0.25) is 0 Å². The second-order valence-electron chi connectivity index (χ2n) is 3.48. The molecule has 1 rings (SSSR count). The summed E-state index contributed by atoms with van der Waals surface area (Å²) in [6, 6.07) is 3.30. The van der Waals surface area contributed by atoms with Crippen molar-refractivity contribution in [3.63, 3.8) is 0 Å². The average molecular weight is 238 g/mol. The summed E-state index contributed by atoms with van der Waals surface area (Å²) in [5.74, 6) is -1.87. The van der Waals surface area contributed by atoms with Crippen LogP contribution in [-0.2, 0) is 4.79 Å². The van der Waals surface area contributed by atoms with Gasteiger partial charge < -0.3 is 20.8 Å². The lowest BCUT2D eigenvalue weighted by molar-refractivity contribution is -0.122. The minimum atomic E-state index is -0.728. The van der Waals surface area contributed by atoms with E-state index in [1.165, 1.54) is 32.2 Å². The molecule has 1 aromatic carbocycles. The quantitative estimate of drug-likeness (QED) is 0.555. The van der Waals surface area contributed by atoms with Gasteiger partial charge in [0.1, 0.15) is 6.04 Å². The Morgan fingerprint density at radius 1 is 1.29 bits per heavy atom. The van der Waals surface area contributed by atoms with Crippen LogP contribution in [-0.4, -0.2) is 35.1 Å². The van der Waals surface area contributed by atoms with Crippen molar-refractivity contribution in [3.8, 4) is 11.5 Å². The molecule has 1 unspecified atom stereocenters. The molecule has 0 radical (unpaired) electrons. The number of likely N-dealkylation sites (N-methyl/N-ethyl adjacent to an activating group) is 1. The molecule has 0 heterocycles. The molecule has 0 aliphatic heterocycles. The molecule has 0 bridgehead atoms. The zero-order valence-electron chi connectivity index (χ0n) is 9.52. The van der Waals surface area contributed by atoms with Gasteiger partial charge in [-0.3, -0.25) is 9.59 Å². The third-order valence-electron chi connectivity index (χ3n) is 2.25. The van der Waals surface area contributed by atoms with E-state index >= 15 is 0 Å². The molecule has 17 heavy (non-hydrogen) atoms. The van der Waals surface area contributed by atoms with Crippen LogP contribution >= 0.6 is 0 Å². The van der Waals surface area contributed by atoms with Crippen LogP contribution < -0.4 is 10.6 Å². The Kier molecular flexibility index (Phi) is 3.92. The lowest BCUT2D eigenvalue weighted by Gasteiger charge is -2.13. The van der Waals surface area contributed by atoms with E-state index in [1.54, 1.807) is 0 Å². The first-order valence-corrected chi connectivity index (χ1v) is 5.00. The number of phenolic OH excluding ortho intramolecular Hbond substituents is 2. The van der Waals surface area contributed by atoms with E-state index in [-0.39, 0.29) is 17.2 Å². The third-order valence-corrected chi connectivity index (χ3v) is 2.25. The van der Waals surface area contributed by atoms with Crippen molar-refractivity contribution < 1.29 is 19.8 Å². The van der Waals surface area contributed by atoms with Crippen LogP contribution in [0, 0.1) is 0 Å². The SMILES string of the molecule is CNC(=O)C(C)NC(=O)c1cccc(O)c1O. The summed E-state index contributed by atoms with van der Waals surface area (Å²) in [6.07, 6.45) is 0. The topological polar surface area (TPSA) is 98.7 Å². The molecular weight excluding hydrogens is 224 g/mol. The van der Waals surface area contributed by atoms with Gasteiger partial charge in [-0.2, -0.15) is 0 Å². The number of rotatable bonds is 3. The number of hydrogen-bond donors (Lipinski definition) is 4. The summed E-state index contributed by atoms with van der Waals surface area (Å²) in [7, 11) is 1.46. The first-order valence-electron chi connectivity index (χ1n) is 5.00. The Morgan fingerprint density at radius 3 is 2.53 bits per heavy atom. The van der Waals surface area contributed by atoms with E-state index in [2.05, 4.69) is 10.6 Å². The number of para-hydroxylation sites is 1. The zero-order valence-corrected chi connectivity index (χ0v) is 9.52. The van der Waals surface area contributed by atoms with E-state index < -0.39 is 17.7 Å². The van der Waals surface area contributed by atoms with Crippen LogP contribution in [0.1, 0.15) is 17.3 Å². The van der Waals surface area contributed by atoms with Gasteiger partial charge in [0.05, 0.1) is 5.56 Å². The third kappa shape index (κ3) is 2.87. The lowest BCUT2D eigenvalue weighted by Crippen LogP contribution is -2.43. The Hall–Kier alpha value is -2.24. The lowest BCUT2D eigenvalue weighted by atomic mass is 10.1. The first kappa shape index (κ1) is 12.8. The zero-order chi connectivity index (χ0) is 13.0. The number of aromatic hydroxyl groups is 2. The summed E-state index contributed by atoms with van der Waals surface area (Å²) in [6.45, 7) is 1.51. The standard InChI is InChI=1S/C11H14N2O4/c1-6(10(16)12-2)13-11(17)7-4-3-5-8(14)9(7)15/h3-6,14-15H,1-2H3,(H,12,16)(H,13,17). The molecule has 0 saturated carbocycles. The minimum Gasteiger partial charge on any atom is -0.504 e. The molecule has 92 valence electrons. The van der Waals surface area contributed by atoms with E-state index in [4.69, 9.17) is 0 Å². The van der Waals surface area contributed by atoms with Gasteiger partial charge in [-0.25, -0.2) is 0 Å². The van der Waals surface area contributed by atoms with Crippen molar-refractivity contribution in [2.45, 2.75) is 13.0 Å². The van der Waals surface area contributed by atoms with Gasteiger partial charge in [-0.05, 0) is 19.1 Å². The summed E-state index contributed by atoms with van der Waals surface area (Å²) in [4.78, 5) is 22.9. The maximum Gasteiger partial charge on any atom is 0.255 e. The van der Waals surface area contributed by atoms with Crippen molar-refractivity contribution >= 4 is 11.8 Å². The molecule has 0 fully saturated rings. The second kappa shape index (κ2) is 5.20. The number of carbonyl (C=O) groups is 2. The Balaban J connectivity index is 2.84. The number of hydrogen-bond acceptors (Lipinski definition) is 4. The van der Waals surface area contributed by atoms with E-state index in [9.17, 15) is 19.8 Å². The summed E-state index contributed by atoms with van der Waals surface area (Å²) in [5.41, 5.74) is -0.0826. The van der Waals surface area contributed by atoms with Crippen molar-refractivity contribution in [2.24, 2.45) is 0 Å². The predicted molar refractivity (Wildman–Crippen MR) is 60.8 cm³/mol. The van der Waals surface area contributed by atoms with Crippen LogP contribution in [0.5, 0.6) is 11.5 Å². The van der Waals surface area contributed by atoms with Crippen LogP contribution in [0.4, 0.5) is 0 Å². The van der Waals surface area contributed by atoms with Gasteiger partial charge in [0.25, 0.3) is 5.91 Å². The van der Waals surface area contributed by atoms with E-state index in [0.29, 0.717) is 0 Å². The molecule has 6 heteroatoms. The van der Waals surface area contributed by atoms with Gasteiger partial charge in [0, 0.05) is 7.05 Å². The van der Waals surface area contributed by atoms with Crippen LogP contribution in [0.25, 0.3) is 0 Å². The summed E-state index contributed by atoms with van der Waals surface area (Å²) < 4.78 is 0. The van der Waals surface area contributed by atoms with Gasteiger partial charge in [0.15, 0.2) is 11.5 Å².